The molecular formula is C4H9NO3S. The Bertz CT molecular complexity index is 178. The van der Waals surface area contributed by atoms with Gasteiger partial charge in [-0.3, -0.25) is 4.55 Å². The topological polar surface area (TPSA) is 76.3 Å². The van der Waals surface area contributed by atoms with Crippen LogP contribution in [0.3, 0.4) is 0 Å². The molecule has 0 amide bonds. The minimum atomic E-state index is -3.67. The lowest BCUT2D eigenvalue weighted by atomic mass is 10.8. The summed E-state index contributed by atoms with van der Waals surface area (Å²) >= 11 is 0. The molecule has 0 aromatic rings. The van der Waals surface area contributed by atoms with Gasteiger partial charge in [-0.25, -0.2) is 0 Å². The molecule has 54 valence electrons. The second-order valence-corrected chi connectivity index (χ2v) is 3.81. The quantitative estimate of drug-likeness (QED) is 0.352. The first-order valence-electron chi connectivity index (χ1n) is 2.65. The summed E-state index contributed by atoms with van der Waals surface area (Å²) in [6, 6.07) is 2.00. The summed E-state index contributed by atoms with van der Waals surface area (Å²) in [5.74, 6) is 0. The maximum atomic E-state index is 9.19. The van der Waals surface area contributed by atoms with E-state index in [2.05, 4.69) is 5.32 Å². The van der Waals surface area contributed by atoms with Crippen molar-refractivity contribution in [2.75, 3.05) is 6.26 Å². The Labute approximate surface area is 54.0 Å². The van der Waals surface area contributed by atoms with Gasteiger partial charge in [0.05, 0.1) is 6.26 Å². The molecule has 9 heavy (non-hydrogen) atoms. The highest BCUT2D eigenvalue weighted by molar-refractivity contribution is 7.85. The summed E-state index contributed by atoms with van der Waals surface area (Å²) < 4.78 is 25.9. The third kappa shape index (κ3) is 4.38. The van der Waals surface area contributed by atoms with E-state index < -0.39 is 10.1 Å². The molecule has 1 saturated heterocycles. The Kier molecular flexibility index (Phi) is 1.50. The van der Waals surface area contributed by atoms with E-state index in [4.69, 9.17) is 4.55 Å². The zero-order valence-electron chi connectivity index (χ0n) is 5.03. The smallest absolute Gasteiger partial charge is 0.261 e. The Hall–Kier alpha value is -0.130. The van der Waals surface area contributed by atoms with Crippen LogP contribution in [0.1, 0.15) is 6.42 Å². The highest BCUT2D eigenvalue weighted by Gasteiger charge is 2.52. The number of hydrogen-bond donors (Lipinski definition) is 2. The fraction of sp³-hybridized carbons (Fsp3) is 1.00. The van der Waals surface area contributed by atoms with Crippen LogP contribution in [0.5, 0.6) is 0 Å². The second kappa shape index (κ2) is 1.93. The largest absolute Gasteiger partial charge is 0.308 e. The van der Waals surface area contributed by atoms with Gasteiger partial charge in [-0.2, -0.15) is 8.42 Å². The first kappa shape index (κ1) is 6.98. The van der Waals surface area contributed by atoms with Crippen LogP contribution in [0.25, 0.3) is 0 Å². The average Bonchev–Trinajstić information content (AvgIpc) is 1.90. The van der Waals surface area contributed by atoms with Crippen molar-refractivity contribution in [3.8, 4) is 0 Å². The number of fused-ring (bicyclic) bond motifs is 1. The summed E-state index contributed by atoms with van der Waals surface area (Å²) in [5, 5.41) is 3.19. The summed E-state index contributed by atoms with van der Waals surface area (Å²) in [6.07, 6.45) is 2.19. The van der Waals surface area contributed by atoms with E-state index in [1.54, 1.807) is 0 Å². The first-order chi connectivity index (χ1) is 3.97. The zero-order valence-corrected chi connectivity index (χ0v) is 5.85. The van der Waals surface area contributed by atoms with Gasteiger partial charge in [0.15, 0.2) is 0 Å². The third-order valence-corrected chi connectivity index (χ3v) is 1.11. The van der Waals surface area contributed by atoms with Crippen molar-refractivity contribution < 1.29 is 13.0 Å². The second-order valence-electron chi connectivity index (χ2n) is 2.35. The van der Waals surface area contributed by atoms with Crippen LogP contribution in [0, 0.1) is 0 Å². The highest BCUT2D eigenvalue weighted by atomic mass is 32.2. The van der Waals surface area contributed by atoms with Crippen molar-refractivity contribution in [1.82, 2.24) is 5.32 Å². The predicted octanol–water partition coefficient (Wildman–Crippen LogP) is -0.765. The van der Waals surface area contributed by atoms with E-state index in [1.165, 1.54) is 6.42 Å². The van der Waals surface area contributed by atoms with Gasteiger partial charge >= 0.3 is 0 Å². The molecule has 0 aromatic carbocycles. The van der Waals surface area contributed by atoms with Crippen LogP contribution < -0.4 is 5.32 Å². The number of rotatable bonds is 0. The molecule has 0 bridgehead atoms. The van der Waals surface area contributed by atoms with E-state index in [9.17, 15) is 8.42 Å². The standard InChI is InChI=1S/C3H5N.CH4O3S/c1-2-3(1)4-2;1-5(2,3)4/h2-4H,1H2;1H3,(H,2,3,4). The molecule has 2 fully saturated rings. The molecule has 1 saturated carbocycles. The first-order valence-corrected chi connectivity index (χ1v) is 4.50. The Balaban J connectivity index is 0.0000000900. The molecule has 0 aromatic heterocycles. The summed E-state index contributed by atoms with van der Waals surface area (Å²) in [6.45, 7) is 0. The van der Waals surface area contributed by atoms with Crippen LogP contribution in [0.2, 0.25) is 0 Å². The van der Waals surface area contributed by atoms with Crippen molar-refractivity contribution in [2.24, 2.45) is 0 Å². The summed E-state index contributed by atoms with van der Waals surface area (Å²) in [4.78, 5) is 0. The molecule has 2 unspecified atom stereocenters. The zero-order chi connectivity index (χ0) is 7.07. The Morgan fingerprint density at radius 2 is 1.67 bits per heavy atom. The number of hydrogen-bond acceptors (Lipinski definition) is 3. The van der Waals surface area contributed by atoms with E-state index in [0.29, 0.717) is 6.26 Å². The average molecular weight is 151 g/mol. The molecule has 1 aliphatic heterocycles. The van der Waals surface area contributed by atoms with Crippen molar-refractivity contribution in [2.45, 2.75) is 18.5 Å². The van der Waals surface area contributed by atoms with Gasteiger partial charge in [0.1, 0.15) is 0 Å². The van der Waals surface area contributed by atoms with Gasteiger partial charge < -0.3 is 5.32 Å². The normalized spacial score (nSPS) is 35.8. The van der Waals surface area contributed by atoms with E-state index in [1.807, 2.05) is 0 Å². The van der Waals surface area contributed by atoms with Crippen LogP contribution in [0.15, 0.2) is 0 Å². The van der Waals surface area contributed by atoms with Gasteiger partial charge in [-0.15, -0.1) is 0 Å². The van der Waals surface area contributed by atoms with Crippen molar-refractivity contribution in [3.63, 3.8) is 0 Å². The Morgan fingerprint density at radius 1 is 1.56 bits per heavy atom. The van der Waals surface area contributed by atoms with Gasteiger partial charge in [0.2, 0.25) is 0 Å². The van der Waals surface area contributed by atoms with Gasteiger partial charge in [0, 0.05) is 12.1 Å². The minimum Gasteiger partial charge on any atom is -0.308 e. The van der Waals surface area contributed by atoms with Crippen LogP contribution >= 0.6 is 0 Å². The number of nitrogens with one attached hydrogen (secondary N) is 1. The van der Waals surface area contributed by atoms with Crippen molar-refractivity contribution in [3.05, 3.63) is 0 Å². The van der Waals surface area contributed by atoms with E-state index in [0.717, 1.165) is 12.1 Å². The molecule has 2 aliphatic rings. The molecule has 1 aliphatic carbocycles. The molecule has 2 N–H and O–H groups in total. The van der Waals surface area contributed by atoms with Crippen molar-refractivity contribution >= 4 is 10.1 Å². The van der Waals surface area contributed by atoms with Crippen molar-refractivity contribution in [1.29, 1.82) is 0 Å². The van der Waals surface area contributed by atoms with Crippen LogP contribution in [-0.4, -0.2) is 31.3 Å². The SMILES string of the molecule is C1C2NC12.CS(=O)(=O)O. The van der Waals surface area contributed by atoms with Crippen LogP contribution in [0.4, 0.5) is 0 Å². The monoisotopic (exact) mass is 151 g/mol. The predicted molar refractivity (Wildman–Crippen MR) is 32.8 cm³/mol. The highest BCUT2D eigenvalue weighted by Crippen LogP contribution is 2.35. The lowest BCUT2D eigenvalue weighted by Gasteiger charge is -1.69. The molecule has 0 spiro atoms. The maximum Gasteiger partial charge on any atom is 0.261 e. The van der Waals surface area contributed by atoms with E-state index in [-0.39, 0.29) is 0 Å². The lowest BCUT2D eigenvalue weighted by molar-refractivity contribution is 0.490. The van der Waals surface area contributed by atoms with E-state index >= 15 is 0 Å². The van der Waals surface area contributed by atoms with Gasteiger partial charge in [0.25, 0.3) is 10.1 Å². The fourth-order valence-corrected chi connectivity index (χ4v) is 0.390. The molecule has 0 radical (unpaired) electrons. The summed E-state index contributed by atoms with van der Waals surface area (Å²) in [5.41, 5.74) is 0. The molecule has 2 rings (SSSR count). The lowest BCUT2D eigenvalue weighted by Crippen LogP contribution is -1.89. The molecule has 5 heteroatoms. The van der Waals surface area contributed by atoms with Gasteiger partial charge in [-0.05, 0) is 6.42 Å². The maximum absolute atomic E-state index is 9.19. The molecule has 4 nitrogen and oxygen atoms in total. The molecule has 2 atom stereocenters. The minimum absolute atomic E-state index is 0.715. The van der Waals surface area contributed by atoms with Gasteiger partial charge in [-0.1, -0.05) is 0 Å². The Morgan fingerprint density at radius 3 is 1.67 bits per heavy atom. The summed E-state index contributed by atoms with van der Waals surface area (Å²) in [7, 11) is -3.67. The fourth-order valence-electron chi connectivity index (χ4n) is 0.390. The molecular weight excluding hydrogens is 142 g/mol. The third-order valence-electron chi connectivity index (χ3n) is 1.11. The molecule has 1 heterocycles. The van der Waals surface area contributed by atoms with Crippen LogP contribution in [-0.2, 0) is 10.1 Å².